The third-order valence-electron chi connectivity index (χ3n) is 3.18. The predicted octanol–water partition coefficient (Wildman–Crippen LogP) is 3.48. The first kappa shape index (κ1) is 18.3. The van der Waals surface area contributed by atoms with Crippen molar-refractivity contribution in [3.05, 3.63) is 59.1 Å². The van der Waals surface area contributed by atoms with Gasteiger partial charge < -0.3 is 0 Å². The van der Waals surface area contributed by atoms with Gasteiger partial charge >= 0.3 is 0 Å². The number of hydrogen-bond acceptors (Lipinski definition) is 6. The van der Waals surface area contributed by atoms with E-state index in [0.29, 0.717) is 10.1 Å². The summed E-state index contributed by atoms with van der Waals surface area (Å²) in [5, 5.41) is 11.8. The first-order chi connectivity index (χ1) is 12.3. The van der Waals surface area contributed by atoms with Gasteiger partial charge in [0.1, 0.15) is 5.01 Å². The molecule has 2 N–H and O–H groups in total. The van der Waals surface area contributed by atoms with Gasteiger partial charge in [-0.25, -0.2) is 8.42 Å². The largest absolute Gasteiger partial charge is 0.296 e. The molecule has 134 valence electrons. The van der Waals surface area contributed by atoms with Crippen molar-refractivity contribution in [1.29, 1.82) is 0 Å². The van der Waals surface area contributed by atoms with Crippen LogP contribution in [0.2, 0.25) is 5.02 Å². The van der Waals surface area contributed by atoms with Gasteiger partial charge in [0.25, 0.3) is 5.91 Å². The Morgan fingerprint density at radius 3 is 2.54 bits per heavy atom. The first-order valence-corrected chi connectivity index (χ1v) is 10.4. The van der Waals surface area contributed by atoms with Crippen molar-refractivity contribution in [3.8, 4) is 10.6 Å². The Morgan fingerprint density at radius 1 is 1.12 bits per heavy atom. The smallest absolute Gasteiger partial charge is 0.259 e. The summed E-state index contributed by atoms with van der Waals surface area (Å²) in [7, 11) is -3.46. The molecule has 26 heavy (non-hydrogen) atoms. The highest BCUT2D eigenvalue weighted by molar-refractivity contribution is 7.92. The number of nitrogens with one attached hydrogen (secondary N) is 2. The van der Waals surface area contributed by atoms with Crippen LogP contribution in [0.4, 0.5) is 10.8 Å². The van der Waals surface area contributed by atoms with E-state index in [1.54, 1.807) is 0 Å². The molecule has 0 saturated carbocycles. The second kappa shape index (κ2) is 7.40. The average molecular weight is 409 g/mol. The quantitative estimate of drug-likeness (QED) is 0.673. The van der Waals surface area contributed by atoms with Crippen LogP contribution in [0.15, 0.2) is 48.5 Å². The zero-order chi connectivity index (χ0) is 18.7. The van der Waals surface area contributed by atoms with Crippen LogP contribution >= 0.6 is 22.9 Å². The molecule has 0 atom stereocenters. The molecule has 1 aromatic heterocycles. The summed E-state index contributed by atoms with van der Waals surface area (Å²) in [5.41, 5.74) is 1.25. The molecule has 0 unspecified atom stereocenters. The Balaban J connectivity index is 1.80. The van der Waals surface area contributed by atoms with Gasteiger partial charge in [0.15, 0.2) is 0 Å². The summed E-state index contributed by atoms with van der Waals surface area (Å²) in [6, 6.07) is 13.7. The maximum Gasteiger partial charge on any atom is 0.259 e. The molecule has 1 heterocycles. The van der Waals surface area contributed by atoms with Crippen LogP contribution in [-0.2, 0) is 10.0 Å². The number of rotatable bonds is 5. The lowest BCUT2D eigenvalue weighted by molar-refractivity contribution is 0.102. The van der Waals surface area contributed by atoms with Crippen LogP contribution in [0.5, 0.6) is 0 Å². The van der Waals surface area contributed by atoms with E-state index in [0.717, 1.165) is 11.8 Å². The maximum atomic E-state index is 12.5. The Hall–Kier alpha value is -2.49. The summed E-state index contributed by atoms with van der Waals surface area (Å²) >= 11 is 7.28. The van der Waals surface area contributed by atoms with Gasteiger partial charge in [0, 0.05) is 11.3 Å². The molecule has 3 aromatic rings. The number of nitrogens with zero attached hydrogens (tertiary/aromatic N) is 2. The van der Waals surface area contributed by atoms with Gasteiger partial charge in [-0.2, -0.15) is 0 Å². The summed E-state index contributed by atoms with van der Waals surface area (Å²) in [5.74, 6) is -0.511. The van der Waals surface area contributed by atoms with Crippen molar-refractivity contribution in [2.45, 2.75) is 0 Å². The SMILES string of the molecule is CS(=O)(=O)Nc1ccc(Cl)c(C(=O)Nc2nnc(-c3ccccc3)s2)c1. The lowest BCUT2D eigenvalue weighted by Gasteiger charge is -2.08. The van der Waals surface area contributed by atoms with Gasteiger partial charge in [-0.15, -0.1) is 10.2 Å². The zero-order valence-corrected chi connectivity index (χ0v) is 15.8. The van der Waals surface area contributed by atoms with E-state index in [2.05, 4.69) is 20.2 Å². The van der Waals surface area contributed by atoms with Crippen LogP contribution in [0, 0.1) is 0 Å². The fourth-order valence-electron chi connectivity index (χ4n) is 2.11. The van der Waals surface area contributed by atoms with Crippen LogP contribution in [-0.4, -0.2) is 30.8 Å². The first-order valence-electron chi connectivity index (χ1n) is 7.29. The molecule has 10 heteroatoms. The average Bonchev–Trinajstić information content (AvgIpc) is 3.04. The van der Waals surface area contributed by atoms with Crippen LogP contribution in [0.3, 0.4) is 0 Å². The topological polar surface area (TPSA) is 101 Å². The Bertz CT molecular complexity index is 1050. The fourth-order valence-corrected chi connectivity index (χ4v) is 3.62. The fraction of sp³-hybridized carbons (Fsp3) is 0.0625. The molecule has 0 aliphatic rings. The second-order valence-electron chi connectivity index (χ2n) is 5.30. The number of carbonyl (C=O) groups is 1. The van der Waals surface area contributed by atoms with Crippen molar-refractivity contribution >= 4 is 49.7 Å². The number of hydrogen-bond donors (Lipinski definition) is 2. The molecule has 1 amide bonds. The molecule has 0 spiro atoms. The lowest BCUT2D eigenvalue weighted by atomic mass is 10.2. The zero-order valence-electron chi connectivity index (χ0n) is 13.4. The number of carbonyl (C=O) groups excluding carboxylic acids is 1. The molecule has 0 saturated heterocycles. The van der Waals surface area contributed by atoms with E-state index < -0.39 is 15.9 Å². The molecular formula is C16H13ClN4O3S2. The predicted molar refractivity (Wildman–Crippen MR) is 103 cm³/mol. The van der Waals surface area contributed by atoms with Crippen molar-refractivity contribution in [2.24, 2.45) is 0 Å². The van der Waals surface area contributed by atoms with Crippen molar-refractivity contribution in [2.75, 3.05) is 16.3 Å². The third kappa shape index (κ3) is 4.57. The molecule has 0 bridgehead atoms. The molecule has 0 aliphatic carbocycles. The van der Waals surface area contributed by atoms with Crippen LogP contribution in [0.1, 0.15) is 10.4 Å². The minimum absolute atomic E-state index is 0.122. The van der Waals surface area contributed by atoms with E-state index in [4.69, 9.17) is 11.6 Å². The van der Waals surface area contributed by atoms with Gasteiger partial charge in [-0.05, 0) is 18.2 Å². The summed E-state index contributed by atoms with van der Waals surface area (Å²) in [4.78, 5) is 12.5. The Labute approximate surface area is 159 Å². The molecule has 0 radical (unpaired) electrons. The van der Waals surface area contributed by atoms with Crippen LogP contribution in [0.25, 0.3) is 10.6 Å². The molecule has 2 aromatic carbocycles. The highest BCUT2D eigenvalue weighted by Gasteiger charge is 2.15. The Morgan fingerprint density at radius 2 is 1.85 bits per heavy atom. The van der Waals surface area contributed by atoms with Crippen molar-refractivity contribution in [3.63, 3.8) is 0 Å². The summed E-state index contributed by atoms with van der Waals surface area (Å²) in [6.07, 6.45) is 1.02. The normalized spacial score (nSPS) is 11.2. The van der Waals surface area contributed by atoms with Crippen LogP contribution < -0.4 is 10.0 Å². The minimum Gasteiger partial charge on any atom is -0.296 e. The number of sulfonamides is 1. The van der Waals surface area contributed by atoms with Gasteiger partial charge in [-0.1, -0.05) is 53.3 Å². The second-order valence-corrected chi connectivity index (χ2v) is 8.43. The van der Waals surface area contributed by atoms with Crippen molar-refractivity contribution < 1.29 is 13.2 Å². The van der Waals surface area contributed by atoms with Gasteiger partial charge in [0.2, 0.25) is 15.2 Å². The van der Waals surface area contributed by atoms with Gasteiger partial charge in [-0.3, -0.25) is 14.8 Å². The molecule has 0 fully saturated rings. The number of benzene rings is 2. The summed E-state index contributed by atoms with van der Waals surface area (Å²) in [6.45, 7) is 0. The molecule has 3 rings (SSSR count). The van der Waals surface area contributed by atoms with E-state index in [1.807, 2.05) is 30.3 Å². The molecule has 7 nitrogen and oxygen atoms in total. The van der Waals surface area contributed by atoms with E-state index >= 15 is 0 Å². The number of anilines is 2. The maximum absolute atomic E-state index is 12.5. The van der Waals surface area contributed by atoms with Gasteiger partial charge in [0.05, 0.1) is 16.8 Å². The Kier molecular flexibility index (Phi) is 5.21. The number of amides is 1. The standard InChI is InChI=1S/C16H13ClN4O3S2/c1-26(23,24)21-11-7-8-13(17)12(9-11)14(22)18-16-20-19-15(25-16)10-5-3-2-4-6-10/h2-9,21H,1H3,(H,18,20,22). The van der Waals surface area contributed by atoms with Crippen molar-refractivity contribution in [1.82, 2.24) is 10.2 Å². The number of aromatic nitrogens is 2. The summed E-state index contributed by atoms with van der Waals surface area (Å²) < 4.78 is 25.0. The number of halogens is 1. The minimum atomic E-state index is -3.46. The lowest BCUT2D eigenvalue weighted by Crippen LogP contribution is -2.14. The molecule has 0 aliphatic heterocycles. The molecular weight excluding hydrogens is 396 g/mol. The monoisotopic (exact) mass is 408 g/mol. The highest BCUT2D eigenvalue weighted by Crippen LogP contribution is 2.27. The van der Waals surface area contributed by atoms with E-state index in [-0.39, 0.29) is 16.3 Å². The van der Waals surface area contributed by atoms with E-state index in [9.17, 15) is 13.2 Å². The highest BCUT2D eigenvalue weighted by atomic mass is 35.5. The third-order valence-corrected chi connectivity index (χ3v) is 5.00. The van der Waals surface area contributed by atoms with E-state index in [1.165, 1.54) is 29.5 Å².